The number of nitrogens with one attached hydrogen (secondary N) is 2. The van der Waals surface area contributed by atoms with Crippen molar-refractivity contribution in [2.75, 3.05) is 18.8 Å². The molecule has 0 radical (unpaired) electrons. The summed E-state index contributed by atoms with van der Waals surface area (Å²) < 4.78 is 22.9. The van der Waals surface area contributed by atoms with E-state index in [0.717, 1.165) is 19.3 Å². The number of sulfone groups is 1. The van der Waals surface area contributed by atoms with Gasteiger partial charge in [0.05, 0.1) is 10.5 Å². The fraction of sp³-hybridized carbons (Fsp3) is 0.923. The average molecular weight is 290 g/mol. The maximum atomic E-state index is 11.8. The van der Waals surface area contributed by atoms with Crippen LogP contribution in [0.4, 0.5) is 0 Å². The Hall–Kier alpha value is -0.620. The quantitative estimate of drug-likeness (QED) is 0.650. The molecule has 0 unspecified atom stereocenters. The van der Waals surface area contributed by atoms with Gasteiger partial charge in [0.15, 0.2) is 9.84 Å². The fourth-order valence-electron chi connectivity index (χ4n) is 1.54. The monoisotopic (exact) mass is 290 g/mol. The Morgan fingerprint density at radius 3 is 2.37 bits per heavy atom. The van der Waals surface area contributed by atoms with Gasteiger partial charge in [-0.05, 0) is 46.6 Å². The third-order valence-electron chi connectivity index (χ3n) is 3.18. The third kappa shape index (κ3) is 6.38. The number of carbonyl (C=O) groups excluding carboxylic acids is 1. The average Bonchev–Trinajstić information content (AvgIpc) is 3.05. The minimum Gasteiger partial charge on any atom is -0.353 e. The first-order valence-electron chi connectivity index (χ1n) is 6.95. The van der Waals surface area contributed by atoms with Gasteiger partial charge in [0, 0.05) is 19.0 Å². The van der Waals surface area contributed by atoms with Crippen molar-refractivity contribution in [3.8, 4) is 0 Å². The predicted octanol–water partition coefficient (Wildman–Crippen LogP) is 0.848. The molecule has 0 spiro atoms. The van der Waals surface area contributed by atoms with Crippen molar-refractivity contribution in [3.05, 3.63) is 0 Å². The Balaban J connectivity index is 2.03. The van der Waals surface area contributed by atoms with Crippen LogP contribution in [0.1, 0.15) is 46.5 Å². The van der Waals surface area contributed by atoms with Gasteiger partial charge in [-0.25, -0.2) is 8.42 Å². The third-order valence-corrected chi connectivity index (χ3v) is 5.79. The SMILES string of the molecule is CC(C)(C)S(=O)(=O)CCNCCCC(=O)NC1CC1. The Bertz CT molecular complexity index is 395. The molecule has 0 bridgehead atoms. The molecule has 0 saturated heterocycles. The lowest BCUT2D eigenvalue weighted by Crippen LogP contribution is -2.35. The second-order valence-electron chi connectivity index (χ2n) is 6.13. The highest BCUT2D eigenvalue weighted by Crippen LogP contribution is 2.18. The van der Waals surface area contributed by atoms with E-state index in [4.69, 9.17) is 0 Å². The summed E-state index contributed by atoms with van der Waals surface area (Å²) in [4.78, 5) is 11.4. The zero-order chi connectivity index (χ0) is 14.5. The molecule has 0 atom stereocenters. The van der Waals surface area contributed by atoms with Gasteiger partial charge in [-0.1, -0.05) is 0 Å². The van der Waals surface area contributed by atoms with Gasteiger partial charge in [-0.3, -0.25) is 4.79 Å². The summed E-state index contributed by atoms with van der Waals surface area (Å²) >= 11 is 0. The molecule has 5 nitrogen and oxygen atoms in total. The molecule has 0 aromatic heterocycles. The van der Waals surface area contributed by atoms with Crippen LogP contribution in [0.15, 0.2) is 0 Å². The highest BCUT2D eigenvalue weighted by molar-refractivity contribution is 7.92. The molecule has 1 aliphatic carbocycles. The van der Waals surface area contributed by atoms with Crippen molar-refractivity contribution in [2.24, 2.45) is 0 Å². The molecular weight excluding hydrogens is 264 g/mol. The van der Waals surface area contributed by atoms with E-state index in [2.05, 4.69) is 10.6 Å². The van der Waals surface area contributed by atoms with E-state index in [0.29, 0.717) is 25.6 Å². The highest BCUT2D eigenvalue weighted by Gasteiger charge is 2.28. The van der Waals surface area contributed by atoms with Gasteiger partial charge < -0.3 is 10.6 Å². The van der Waals surface area contributed by atoms with Crippen molar-refractivity contribution < 1.29 is 13.2 Å². The van der Waals surface area contributed by atoms with Crippen molar-refractivity contribution in [1.29, 1.82) is 0 Å². The van der Waals surface area contributed by atoms with Crippen molar-refractivity contribution in [3.63, 3.8) is 0 Å². The molecule has 0 aromatic carbocycles. The number of hydrogen-bond acceptors (Lipinski definition) is 4. The van der Waals surface area contributed by atoms with Crippen LogP contribution in [0.5, 0.6) is 0 Å². The van der Waals surface area contributed by atoms with Crippen LogP contribution in [0.3, 0.4) is 0 Å². The molecule has 6 heteroatoms. The highest BCUT2D eigenvalue weighted by atomic mass is 32.2. The molecule has 1 amide bonds. The van der Waals surface area contributed by atoms with Gasteiger partial charge in [-0.15, -0.1) is 0 Å². The molecular formula is C13H26N2O3S. The zero-order valence-corrected chi connectivity index (χ0v) is 13.0. The first-order valence-corrected chi connectivity index (χ1v) is 8.60. The van der Waals surface area contributed by atoms with Crippen LogP contribution in [0, 0.1) is 0 Å². The standard InChI is InChI=1S/C13H26N2O3S/c1-13(2,3)19(17,18)10-9-14-8-4-5-12(16)15-11-6-7-11/h11,14H,4-10H2,1-3H3,(H,15,16). The van der Waals surface area contributed by atoms with E-state index in [1.54, 1.807) is 20.8 Å². The summed E-state index contributed by atoms with van der Waals surface area (Å²) in [5, 5.41) is 6.01. The van der Waals surface area contributed by atoms with Gasteiger partial charge in [0.25, 0.3) is 0 Å². The minimum absolute atomic E-state index is 0.103. The maximum Gasteiger partial charge on any atom is 0.220 e. The van der Waals surface area contributed by atoms with Crippen LogP contribution in [-0.2, 0) is 14.6 Å². The first kappa shape index (κ1) is 16.4. The maximum absolute atomic E-state index is 11.8. The van der Waals surface area contributed by atoms with Crippen LogP contribution in [-0.4, -0.2) is 44.0 Å². The molecule has 2 N–H and O–H groups in total. The molecule has 1 aliphatic rings. The number of amides is 1. The molecule has 1 fully saturated rings. The summed E-state index contributed by atoms with van der Waals surface area (Å²) in [7, 11) is -3.05. The Morgan fingerprint density at radius 1 is 1.21 bits per heavy atom. The van der Waals surface area contributed by atoms with E-state index in [1.807, 2.05) is 0 Å². The van der Waals surface area contributed by atoms with Gasteiger partial charge in [0.1, 0.15) is 0 Å². The van der Waals surface area contributed by atoms with E-state index >= 15 is 0 Å². The minimum atomic E-state index is -3.05. The summed E-state index contributed by atoms with van der Waals surface area (Å²) in [5.74, 6) is 0.247. The summed E-state index contributed by atoms with van der Waals surface area (Å²) in [6.07, 6.45) is 3.47. The fourth-order valence-corrected chi connectivity index (χ4v) is 2.56. The Labute approximate surface area is 116 Å². The molecule has 1 rings (SSSR count). The van der Waals surface area contributed by atoms with Gasteiger partial charge in [-0.2, -0.15) is 0 Å². The lowest BCUT2D eigenvalue weighted by molar-refractivity contribution is -0.121. The number of carbonyl (C=O) groups is 1. The van der Waals surface area contributed by atoms with E-state index < -0.39 is 14.6 Å². The number of hydrogen-bond donors (Lipinski definition) is 2. The second-order valence-corrected chi connectivity index (χ2v) is 8.99. The van der Waals surface area contributed by atoms with Crippen LogP contribution in [0.2, 0.25) is 0 Å². The van der Waals surface area contributed by atoms with Gasteiger partial charge >= 0.3 is 0 Å². The lowest BCUT2D eigenvalue weighted by atomic mass is 10.3. The summed E-state index contributed by atoms with van der Waals surface area (Å²) in [6.45, 7) is 6.27. The van der Waals surface area contributed by atoms with E-state index in [1.165, 1.54) is 0 Å². The topological polar surface area (TPSA) is 75.3 Å². The second kappa shape index (κ2) is 6.70. The smallest absolute Gasteiger partial charge is 0.220 e. The summed E-state index contributed by atoms with van der Waals surface area (Å²) in [6, 6.07) is 0.414. The van der Waals surface area contributed by atoms with Crippen LogP contribution < -0.4 is 10.6 Å². The first-order chi connectivity index (χ1) is 8.72. The molecule has 0 heterocycles. The van der Waals surface area contributed by atoms with Crippen LogP contribution >= 0.6 is 0 Å². The lowest BCUT2D eigenvalue weighted by Gasteiger charge is -2.19. The van der Waals surface area contributed by atoms with Crippen LogP contribution in [0.25, 0.3) is 0 Å². The summed E-state index contributed by atoms with van der Waals surface area (Å²) in [5.41, 5.74) is 0. The van der Waals surface area contributed by atoms with Crippen molar-refractivity contribution >= 4 is 15.7 Å². The van der Waals surface area contributed by atoms with E-state index in [-0.39, 0.29) is 11.7 Å². The molecule has 0 aliphatic heterocycles. The van der Waals surface area contributed by atoms with Crippen molar-refractivity contribution in [2.45, 2.75) is 57.2 Å². The Morgan fingerprint density at radius 2 is 1.84 bits per heavy atom. The Kier molecular flexibility index (Phi) is 5.80. The van der Waals surface area contributed by atoms with E-state index in [9.17, 15) is 13.2 Å². The predicted molar refractivity (Wildman–Crippen MR) is 76.8 cm³/mol. The zero-order valence-electron chi connectivity index (χ0n) is 12.2. The molecule has 112 valence electrons. The normalized spacial score (nSPS) is 16.4. The molecule has 19 heavy (non-hydrogen) atoms. The molecule has 0 aromatic rings. The number of rotatable bonds is 8. The van der Waals surface area contributed by atoms with Crippen molar-refractivity contribution in [1.82, 2.24) is 10.6 Å². The molecule has 1 saturated carbocycles. The van der Waals surface area contributed by atoms with Gasteiger partial charge in [0.2, 0.25) is 5.91 Å². The largest absolute Gasteiger partial charge is 0.353 e.